The molecule has 6 nitrogen and oxygen atoms in total. The first-order valence-corrected chi connectivity index (χ1v) is 4.82. The molecule has 0 amide bonds. The monoisotopic (exact) mass is 239 g/mol. The summed E-state index contributed by atoms with van der Waals surface area (Å²) >= 11 is 0. The van der Waals surface area contributed by atoms with Crippen LogP contribution in [0.3, 0.4) is 0 Å². The second-order valence-electron chi connectivity index (χ2n) is 3.48. The molecule has 6 heteroatoms. The standard InChI is InChI=1S/C12H5N3O3/c13-4-6-1-2-7-9(16)3-10(17)12(18)15-11(7)8(6)5-14/h1-3,16H,(H,15,17,18). The number of benzene rings is 1. The number of aromatic amines is 1. The van der Waals surface area contributed by atoms with E-state index in [0.717, 1.165) is 6.07 Å². The highest BCUT2D eigenvalue weighted by Gasteiger charge is 2.10. The lowest BCUT2D eigenvalue weighted by Gasteiger charge is -1.99. The molecule has 0 aliphatic carbocycles. The third-order valence-corrected chi connectivity index (χ3v) is 2.44. The maximum atomic E-state index is 11.4. The third kappa shape index (κ3) is 1.58. The quantitative estimate of drug-likeness (QED) is 0.642. The van der Waals surface area contributed by atoms with Crippen molar-refractivity contribution in [2.24, 2.45) is 0 Å². The van der Waals surface area contributed by atoms with Crippen LogP contribution in [0.25, 0.3) is 10.9 Å². The van der Waals surface area contributed by atoms with Gasteiger partial charge in [0.05, 0.1) is 16.6 Å². The van der Waals surface area contributed by atoms with Gasteiger partial charge in [0.1, 0.15) is 17.9 Å². The van der Waals surface area contributed by atoms with E-state index in [-0.39, 0.29) is 22.0 Å². The summed E-state index contributed by atoms with van der Waals surface area (Å²) in [5.41, 5.74) is -1.95. The number of hydrogen-bond donors (Lipinski definition) is 2. The molecule has 0 atom stereocenters. The summed E-state index contributed by atoms with van der Waals surface area (Å²) < 4.78 is 0. The fraction of sp³-hybridized carbons (Fsp3) is 0. The highest BCUT2D eigenvalue weighted by molar-refractivity contribution is 5.90. The highest BCUT2D eigenvalue weighted by Crippen LogP contribution is 2.24. The number of hydrogen-bond acceptors (Lipinski definition) is 5. The molecule has 0 fully saturated rings. The van der Waals surface area contributed by atoms with Gasteiger partial charge in [-0.15, -0.1) is 0 Å². The van der Waals surface area contributed by atoms with E-state index in [4.69, 9.17) is 10.5 Å². The van der Waals surface area contributed by atoms with Crippen LogP contribution in [0.1, 0.15) is 11.1 Å². The van der Waals surface area contributed by atoms with E-state index in [1.807, 2.05) is 0 Å². The molecule has 86 valence electrons. The molecule has 1 aromatic carbocycles. The van der Waals surface area contributed by atoms with Gasteiger partial charge in [0.15, 0.2) is 0 Å². The smallest absolute Gasteiger partial charge is 0.296 e. The van der Waals surface area contributed by atoms with Gasteiger partial charge in [-0.2, -0.15) is 10.5 Å². The first kappa shape index (κ1) is 11.4. The lowest BCUT2D eigenvalue weighted by Crippen LogP contribution is -2.22. The minimum absolute atomic E-state index is 0.0267. The van der Waals surface area contributed by atoms with Crippen LogP contribution in [0.2, 0.25) is 0 Å². The molecule has 2 N–H and O–H groups in total. The van der Waals surface area contributed by atoms with Gasteiger partial charge in [0, 0.05) is 11.5 Å². The Balaban J connectivity index is 3.20. The Morgan fingerprint density at radius 3 is 2.50 bits per heavy atom. The predicted octanol–water partition coefficient (Wildman–Crippen LogP) is 0.337. The molecule has 0 saturated heterocycles. The van der Waals surface area contributed by atoms with Gasteiger partial charge in [-0.1, -0.05) is 0 Å². The Bertz CT molecular complexity index is 854. The Hall–Kier alpha value is -3.12. The molecule has 0 bridgehead atoms. The number of fused-ring (bicyclic) bond motifs is 1. The van der Waals surface area contributed by atoms with Crippen molar-refractivity contribution in [3.63, 3.8) is 0 Å². The summed E-state index contributed by atoms with van der Waals surface area (Å²) in [6, 6.07) is 7.04. The molecular formula is C12H5N3O3. The topological polar surface area (TPSA) is 118 Å². The van der Waals surface area contributed by atoms with Gasteiger partial charge in [0.2, 0.25) is 5.43 Å². The summed E-state index contributed by atoms with van der Waals surface area (Å²) in [5.74, 6) is -0.422. The Labute approximate surface area is 100.0 Å². The van der Waals surface area contributed by atoms with Crippen molar-refractivity contribution in [3.05, 3.63) is 49.9 Å². The van der Waals surface area contributed by atoms with Crippen molar-refractivity contribution in [1.29, 1.82) is 10.5 Å². The van der Waals surface area contributed by atoms with E-state index >= 15 is 0 Å². The van der Waals surface area contributed by atoms with E-state index < -0.39 is 16.7 Å². The first-order valence-electron chi connectivity index (χ1n) is 4.82. The zero-order valence-electron chi connectivity index (χ0n) is 8.89. The van der Waals surface area contributed by atoms with E-state index in [2.05, 4.69) is 4.98 Å². The summed E-state index contributed by atoms with van der Waals surface area (Å²) in [4.78, 5) is 24.9. The van der Waals surface area contributed by atoms with Crippen LogP contribution in [0, 0.1) is 22.7 Å². The Kier molecular flexibility index (Phi) is 2.55. The van der Waals surface area contributed by atoms with Gasteiger partial charge < -0.3 is 10.1 Å². The second kappa shape index (κ2) is 4.04. The molecule has 0 aliphatic heterocycles. The Morgan fingerprint density at radius 2 is 1.89 bits per heavy atom. The summed E-state index contributed by atoms with van der Waals surface area (Å²) in [6.45, 7) is 0. The largest absolute Gasteiger partial charge is 0.507 e. The maximum absolute atomic E-state index is 11.4. The van der Waals surface area contributed by atoms with Crippen LogP contribution >= 0.6 is 0 Å². The molecule has 18 heavy (non-hydrogen) atoms. The third-order valence-electron chi connectivity index (χ3n) is 2.44. The average molecular weight is 239 g/mol. The molecule has 0 saturated carbocycles. The number of H-pyrrole nitrogens is 1. The van der Waals surface area contributed by atoms with Crippen LogP contribution in [-0.2, 0) is 0 Å². The van der Waals surface area contributed by atoms with Crippen LogP contribution in [0.15, 0.2) is 27.8 Å². The number of nitrogens with one attached hydrogen (secondary N) is 1. The average Bonchev–Trinajstić information content (AvgIpc) is 2.46. The summed E-state index contributed by atoms with van der Waals surface area (Å²) in [6.07, 6.45) is 0. The van der Waals surface area contributed by atoms with E-state index in [9.17, 15) is 14.7 Å². The SMILES string of the molecule is N#Cc1ccc2c(O)cc(=O)c(=O)[nH]c2c1C#N. The fourth-order valence-corrected chi connectivity index (χ4v) is 1.60. The van der Waals surface area contributed by atoms with Crippen molar-refractivity contribution in [1.82, 2.24) is 4.98 Å². The summed E-state index contributed by atoms with van der Waals surface area (Å²) in [7, 11) is 0. The van der Waals surface area contributed by atoms with Crippen molar-refractivity contribution in [3.8, 4) is 17.9 Å². The molecule has 1 heterocycles. The number of rotatable bonds is 0. The van der Waals surface area contributed by atoms with Crippen molar-refractivity contribution >= 4 is 10.9 Å². The lowest BCUT2D eigenvalue weighted by atomic mass is 10.1. The Morgan fingerprint density at radius 1 is 1.17 bits per heavy atom. The minimum atomic E-state index is -0.966. The molecule has 0 spiro atoms. The van der Waals surface area contributed by atoms with Crippen molar-refractivity contribution in [2.75, 3.05) is 0 Å². The second-order valence-corrected chi connectivity index (χ2v) is 3.48. The number of nitriles is 2. The lowest BCUT2D eigenvalue weighted by molar-refractivity contribution is 0.481. The number of nitrogens with zero attached hydrogens (tertiary/aromatic N) is 2. The van der Waals surface area contributed by atoms with Crippen molar-refractivity contribution in [2.45, 2.75) is 0 Å². The first-order chi connectivity index (χ1) is 8.58. The fourth-order valence-electron chi connectivity index (χ4n) is 1.60. The van der Waals surface area contributed by atoms with E-state index in [0.29, 0.717) is 0 Å². The molecule has 1 aromatic heterocycles. The molecule has 0 unspecified atom stereocenters. The zero-order valence-corrected chi connectivity index (χ0v) is 8.89. The van der Waals surface area contributed by atoms with Gasteiger partial charge in [-0.05, 0) is 12.1 Å². The van der Waals surface area contributed by atoms with Gasteiger partial charge >= 0.3 is 0 Å². The van der Waals surface area contributed by atoms with Crippen LogP contribution in [0.4, 0.5) is 0 Å². The van der Waals surface area contributed by atoms with Gasteiger partial charge in [0.25, 0.3) is 5.56 Å². The number of aromatic hydroxyl groups is 1. The molecular weight excluding hydrogens is 234 g/mol. The molecule has 2 rings (SSSR count). The van der Waals surface area contributed by atoms with E-state index in [1.54, 1.807) is 12.1 Å². The van der Waals surface area contributed by atoms with Crippen LogP contribution in [-0.4, -0.2) is 10.1 Å². The normalized spacial score (nSPS) is 9.67. The van der Waals surface area contributed by atoms with Crippen LogP contribution in [0.5, 0.6) is 5.75 Å². The number of aromatic nitrogens is 1. The minimum Gasteiger partial charge on any atom is -0.507 e. The predicted molar refractivity (Wildman–Crippen MR) is 61.9 cm³/mol. The molecule has 0 radical (unpaired) electrons. The van der Waals surface area contributed by atoms with Gasteiger partial charge in [-0.3, -0.25) is 9.59 Å². The summed E-state index contributed by atoms with van der Waals surface area (Å²) in [5, 5.41) is 27.6. The highest BCUT2D eigenvalue weighted by atomic mass is 16.3. The van der Waals surface area contributed by atoms with Crippen molar-refractivity contribution < 1.29 is 5.11 Å². The zero-order chi connectivity index (χ0) is 13.3. The molecule has 2 aromatic rings. The van der Waals surface area contributed by atoms with E-state index in [1.165, 1.54) is 12.1 Å². The van der Waals surface area contributed by atoms with Gasteiger partial charge in [-0.25, -0.2) is 0 Å². The van der Waals surface area contributed by atoms with Crippen LogP contribution < -0.4 is 11.0 Å². The maximum Gasteiger partial charge on any atom is 0.296 e. The molecule has 0 aliphatic rings.